The first kappa shape index (κ1) is 20.6. The highest BCUT2D eigenvalue weighted by molar-refractivity contribution is 14.0. The molecule has 2 saturated heterocycles. The lowest BCUT2D eigenvalue weighted by Gasteiger charge is -2.45. The van der Waals surface area contributed by atoms with Gasteiger partial charge in [-0.3, -0.25) is 4.99 Å². The number of nitrogens with zero attached hydrogens (tertiary/aromatic N) is 2. The van der Waals surface area contributed by atoms with Gasteiger partial charge >= 0.3 is 0 Å². The summed E-state index contributed by atoms with van der Waals surface area (Å²) in [5.41, 5.74) is 0. The Morgan fingerprint density at radius 3 is 2.71 bits per heavy atom. The SMILES string of the molecule is CCNC(=NCC1CCOCC1)N1CCSC2(CCCCC2)C1.I. The summed E-state index contributed by atoms with van der Waals surface area (Å²) in [7, 11) is 0. The molecule has 0 radical (unpaired) electrons. The number of hydrogen-bond donors (Lipinski definition) is 1. The van der Waals surface area contributed by atoms with Crippen LogP contribution < -0.4 is 5.32 Å². The van der Waals surface area contributed by atoms with E-state index in [-0.39, 0.29) is 24.0 Å². The molecule has 3 aliphatic rings. The van der Waals surface area contributed by atoms with Gasteiger partial charge in [-0.15, -0.1) is 24.0 Å². The zero-order valence-electron chi connectivity index (χ0n) is 15.1. The van der Waals surface area contributed by atoms with Gasteiger partial charge in [0.05, 0.1) is 0 Å². The van der Waals surface area contributed by atoms with Crippen LogP contribution in [0.3, 0.4) is 0 Å². The molecule has 1 N–H and O–H groups in total. The second-order valence-corrected chi connectivity index (χ2v) is 8.83. The minimum absolute atomic E-state index is 0. The Kier molecular flexibility index (Phi) is 8.98. The van der Waals surface area contributed by atoms with Crippen molar-refractivity contribution in [3.63, 3.8) is 0 Å². The number of guanidine groups is 1. The van der Waals surface area contributed by atoms with Crippen LogP contribution in [0.15, 0.2) is 4.99 Å². The fourth-order valence-corrected chi connectivity index (χ4v) is 5.66. The van der Waals surface area contributed by atoms with Gasteiger partial charge in [0.25, 0.3) is 0 Å². The Labute approximate surface area is 169 Å². The van der Waals surface area contributed by atoms with Gasteiger partial charge in [-0.05, 0) is 38.5 Å². The van der Waals surface area contributed by atoms with Crippen molar-refractivity contribution in [2.45, 2.75) is 56.6 Å². The number of rotatable bonds is 3. The molecule has 3 rings (SSSR count). The summed E-state index contributed by atoms with van der Waals surface area (Å²) in [6.07, 6.45) is 9.39. The van der Waals surface area contributed by atoms with Crippen molar-refractivity contribution in [3.05, 3.63) is 0 Å². The van der Waals surface area contributed by atoms with Crippen molar-refractivity contribution in [1.29, 1.82) is 0 Å². The quantitative estimate of drug-likeness (QED) is 0.390. The summed E-state index contributed by atoms with van der Waals surface area (Å²) in [6.45, 7) is 8.27. The Morgan fingerprint density at radius 2 is 2.00 bits per heavy atom. The van der Waals surface area contributed by atoms with E-state index < -0.39 is 0 Å². The predicted octanol–water partition coefficient (Wildman–Crippen LogP) is 3.75. The average molecular weight is 467 g/mol. The number of thioether (sulfide) groups is 1. The Hall–Kier alpha value is 0.310. The number of aliphatic imine (C=N–C) groups is 1. The summed E-state index contributed by atoms with van der Waals surface area (Å²) < 4.78 is 5.97. The first-order chi connectivity index (χ1) is 11.3. The summed E-state index contributed by atoms with van der Waals surface area (Å²) in [4.78, 5) is 7.55. The maximum absolute atomic E-state index is 5.47. The molecule has 1 spiro atoms. The highest BCUT2D eigenvalue weighted by Gasteiger charge is 2.38. The number of hydrogen-bond acceptors (Lipinski definition) is 3. The summed E-state index contributed by atoms with van der Waals surface area (Å²) >= 11 is 2.23. The van der Waals surface area contributed by atoms with Crippen LogP contribution in [-0.2, 0) is 4.74 Å². The van der Waals surface area contributed by atoms with E-state index in [1.165, 1.54) is 57.2 Å². The van der Waals surface area contributed by atoms with Gasteiger partial charge < -0.3 is 15.0 Å². The van der Waals surface area contributed by atoms with E-state index in [1.54, 1.807) is 0 Å². The van der Waals surface area contributed by atoms with E-state index >= 15 is 0 Å². The topological polar surface area (TPSA) is 36.9 Å². The van der Waals surface area contributed by atoms with Crippen molar-refractivity contribution in [1.82, 2.24) is 10.2 Å². The molecule has 2 heterocycles. The molecule has 0 aromatic rings. The molecule has 1 aliphatic carbocycles. The second-order valence-electron chi connectivity index (χ2n) is 7.26. The van der Waals surface area contributed by atoms with Gasteiger partial charge in [-0.2, -0.15) is 11.8 Å². The maximum atomic E-state index is 5.47. The first-order valence-electron chi connectivity index (χ1n) is 9.56. The molecule has 0 amide bonds. The minimum Gasteiger partial charge on any atom is -0.381 e. The third-order valence-electron chi connectivity index (χ3n) is 5.49. The summed E-state index contributed by atoms with van der Waals surface area (Å²) in [6, 6.07) is 0. The van der Waals surface area contributed by atoms with Crippen molar-refractivity contribution in [2.75, 3.05) is 45.1 Å². The lowest BCUT2D eigenvalue weighted by Crippen LogP contribution is -2.53. The van der Waals surface area contributed by atoms with Gasteiger partial charge in [0, 0.05) is 49.9 Å². The molecule has 0 aromatic carbocycles. The van der Waals surface area contributed by atoms with Crippen molar-refractivity contribution in [3.8, 4) is 0 Å². The molecule has 3 fully saturated rings. The van der Waals surface area contributed by atoms with Crippen LogP contribution in [0.4, 0.5) is 0 Å². The molecule has 4 nitrogen and oxygen atoms in total. The van der Waals surface area contributed by atoms with Crippen LogP contribution in [0.25, 0.3) is 0 Å². The van der Waals surface area contributed by atoms with E-state index in [1.807, 2.05) is 0 Å². The number of halogens is 1. The van der Waals surface area contributed by atoms with Gasteiger partial charge in [-0.25, -0.2) is 0 Å². The Morgan fingerprint density at radius 1 is 1.25 bits per heavy atom. The molecular formula is C18H34IN3OS. The Bertz CT molecular complexity index is 390. The number of nitrogens with one attached hydrogen (secondary N) is 1. The maximum Gasteiger partial charge on any atom is 0.193 e. The van der Waals surface area contributed by atoms with Gasteiger partial charge in [0.15, 0.2) is 5.96 Å². The molecule has 0 unspecified atom stereocenters. The van der Waals surface area contributed by atoms with Crippen molar-refractivity contribution in [2.24, 2.45) is 10.9 Å². The van der Waals surface area contributed by atoms with E-state index in [4.69, 9.17) is 9.73 Å². The Balaban J connectivity index is 0.00000208. The second kappa shape index (κ2) is 10.5. The van der Waals surface area contributed by atoms with Crippen LogP contribution in [-0.4, -0.2) is 60.8 Å². The van der Waals surface area contributed by atoms with Crippen molar-refractivity contribution < 1.29 is 4.74 Å². The summed E-state index contributed by atoms with van der Waals surface area (Å²) in [5.74, 6) is 3.12. The van der Waals surface area contributed by atoms with Crippen LogP contribution in [0, 0.1) is 5.92 Å². The molecule has 6 heteroatoms. The standard InChI is InChI=1S/C18H33N3OS.HI/c1-2-19-17(20-14-16-6-11-22-12-7-16)21-10-13-23-18(15-21)8-4-3-5-9-18;/h16H,2-15H2,1H3,(H,19,20);1H. The first-order valence-corrected chi connectivity index (χ1v) is 10.5. The van der Waals surface area contributed by atoms with E-state index in [0.29, 0.717) is 10.7 Å². The van der Waals surface area contributed by atoms with Gasteiger partial charge in [0.2, 0.25) is 0 Å². The van der Waals surface area contributed by atoms with Crippen molar-refractivity contribution >= 4 is 41.7 Å². The third kappa shape index (κ3) is 5.66. The zero-order valence-corrected chi connectivity index (χ0v) is 18.2. The predicted molar refractivity (Wildman–Crippen MR) is 115 cm³/mol. The van der Waals surface area contributed by atoms with E-state index in [9.17, 15) is 0 Å². The number of ether oxygens (including phenoxy) is 1. The smallest absolute Gasteiger partial charge is 0.193 e. The molecule has 24 heavy (non-hydrogen) atoms. The molecule has 140 valence electrons. The zero-order chi connectivity index (χ0) is 16.0. The van der Waals surface area contributed by atoms with Crippen LogP contribution in [0.2, 0.25) is 0 Å². The average Bonchev–Trinajstić information content (AvgIpc) is 2.60. The fourth-order valence-electron chi connectivity index (χ4n) is 4.09. The van der Waals surface area contributed by atoms with Crippen LogP contribution >= 0.6 is 35.7 Å². The van der Waals surface area contributed by atoms with Crippen LogP contribution in [0.5, 0.6) is 0 Å². The van der Waals surface area contributed by atoms with Gasteiger partial charge in [0.1, 0.15) is 0 Å². The largest absolute Gasteiger partial charge is 0.381 e. The summed E-state index contributed by atoms with van der Waals surface area (Å²) in [5, 5.41) is 3.55. The minimum atomic E-state index is 0. The monoisotopic (exact) mass is 467 g/mol. The molecule has 2 aliphatic heterocycles. The normalized spacial score (nSPS) is 25.4. The van der Waals surface area contributed by atoms with E-state index in [0.717, 1.165) is 38.8 Å². The lowest BCUT2D eigenvalue weighted by atomic mass is 9.87. The molecule has 0 bridgehead atoms. The lowest BCUT2D eigenvalue weighted by molar-refractivity contribution is 0.0688. The van der Waals surface area contributed by atoms with Gasteiger partial charge in [-0.1, -0.05) is 19.3 Å². The molecule has 0 aromatic heterocycles. The highest BCUT2D eigenvalue weighted by atomic mass is 127. The van der Waals surface area contributed by atoms with Crippen LogP contribution in [0.1, 0.15) is 51.9 Å². The fraction of sp³-hybridized carbons (Fsp3) is 0.944. The molecular weight excluding hydrogens is 433 g/mol. The van der Waals surface area contributed by atoms with E-state index in [2.05, 4.69) is 28.9 Å². The molecule has 0 atom stereocenters. The molecule has 1 saturated carbocycles. The highest BCUT2D eigenvalue weighted by Crippen LogP contribution is 2.42. The third-order valence-corrected chi connectivity index (χ3v) is 7.02.